The van der Waals surface area contributed by atoms with Crippen molar-refractivity contribution >= 4 is 34.0 Å². The number of aryl methyl sites for hydroxylation is 1. The highest BCUT2D eigenvalue weighted by molar-refractivity contribution is 14.1. The molecule has 0 fully saturated rings. The van der Waals surface area contributed by atoms with Gasteiger partial charge < -0.3 is 5.32 Å². The zero-order valence-corrected chi connectivity index (χ0v) is 13.2. The Balaban J connectivity index is 1.99. The van der Waals surface area contributed by atoms with Gasteiger partial charge >= 0.3 is 0 Å². The molecule has 5 nitrogen and oxygen atoms in total. The van der Waals surface area contributed by atoms with E-state index in [0.717, 1.165) is 9.13 Å². The monoisotopic (exact) mass is 395 g/mol. The van der Waals surface area contributed by atoms with E-state index in [1.54, 1.807) is 24.5 Å². The van der Waals surface area contributed by atoms with Gasteiger partial charge in [0.1, 0.15) is 11.6 Å². The quantitative estimate of drug-likeness (QED) is 0.665. The molecule has 2 heterocycles. The van der Waals surface area contributed by atoms with Crippen molar-refractivity contribution in [3.63, 3.8) is 0 Å². The molecule has 0 aliphatic heterocycles. The molecule has 3 aromatic rings. The van der Waals surface area contributed by atoms with Gasteiger partial charge in [-0.15, -0.1) is 0 Å². The van der Waals surface area contributed by atoms with E-state index in [1.807, 2.05) is 13.0 Å². The Morgan fingerprint density at radius 3 is 2.81 bits per heavy atom. The molecule has 2 N–H and O–H groups in total. The zero-order chi connectivity index (χ0) is 14.8. The standard InChI is InChI=1S/C14H11FIN5/c1-8-18-14(21-20-8)10-4-5-17-7-13(10)19-12-3-2-9(16)6-11(12)15/h2-7,19H,1H3,(H,18,20,21). The van der Waals surface area contributed by atoms with Gasteiger partial charge in [0.2, 0.25) is 0 Å². The second-order valence-electron chi connectivity index (χ2n) is 4.41. The molecular weight excluding hydrogens is 384 g/mol. The lowest BCUT2D eigenvalue weighted by Crippen LogP contribution is -1.98. The molecule has 7 heteroatoms. The summed E-state index contributed by atoms with van der Waals surface area (Å²) in [4.78, 5) is 8.36. The summed E-state index contributed by atoms with van der Waals surface area (Å²) in [5.41, 5.74) is 1.79. The minimum atomic E-state index is -0.317. The molecule has 21 heavy (non-hydrogen) atoms. The van der Waals surface area contributed by atoms with E-state index in [-0.39, 0.29) is 5.82 Å². The summed E-state index contributed by atoms with van der Waals surface area (Å²) in [6.07, 6.45) is 3.27. The Hall–Kier alpha value is -2.03. The number of rotatable bonds is 3. The van der Waals surface area contributed by atoms with Crippen LogP contribution in [0.5, 0.6) is 0 Å². The normalized spacial score (nSPS) is 10.6. The number of halogens is 2. The minimum absolute atomic E-state index is 0.317. The summed E-state index contributed by atoms with van der Waals surface area (Å²) in [5.74, 6) is 0.944. The zero-order valence-electron chi connectivity index (χ0n) is 11.1. The number of nitrogens with zero attached hydrogens (tertiary/aromatic N) is 3. The Bertz CT molecular complexity index is 787. The molecular formula is C14H11FIN5. The van der Waals surface area contributed by atoms with Gasteiger partial charge in [-0.05, 0) is 53.8 Å². The molecule has 0 atom stereocenters. The Morgan fingerprint density at radius 2 is 2.10 bits per heavy atom. The van der Waals surface area contributed by atoms with Crippen molar-refractivity contribution in [3.8, 4) is 11.4 Å². The number of hydrogen-bond donors (Lipinski definition) is 2. The highest BCUT2D eigenvalue weighted by Crippen LogP contribution is 2.28. The van der Waals surface area contributed by atoms with Crippen molar-refractivity contribution in [1.29, 1.82) is 0 Å². The summed E-state index contributed by atoms with van der Waals surface area (Å²) in [5, 5.41) is 9.96. The number of aromatic nitrogens is 4. The Morgan fingerprint density at radius 1 is 1.24 bits per heavy atom. The van der Waals surface area contributed by atoms with Crippen molar-refractivity contribution in [3.05, 3.63) is 51.9 Å². The minimum Gasteiger partial charge on any atom is -0.351 e. The van der Waals surface area contributed by atoms with Gasteiger partial charge in [0.15, 0.2) is 5.82 Å². The maximum Gasteiger partial charge on any atom is 0.183 e. The molecule has 0 saturated heterocycles. The second-order valence-corrected chi connectivity index (χ2v) is 5.66. The fourth-order valence-corrected chi connectivity index (χ4v) is 2.34. The lowest BCUT2D eigenvalue weighted by atomic mass is 10.2. The predicted molar refractivity (Wildman–Crippen MR) is 86.8 cm³/mol. The number of anilines is 2. The van der Waals surface area contributed by atoms with Crippen LogP contribution in [0.4, 0.5) is 15.8 Å². The highest BCUT2D eigenvalue weighted by Gasteiger charge is 2.11. The van der Waals surface area contributed by atoms with Gasteiger partial charge in [0.25, 0.3) is 0 Å². The van der Waals surface area contributed by atoms with E-state index in [1.165, 1.54) is 6.07 Å². The number of H-pyrrole nitrogens is 1. The number of nitrogens with one attached hydrogen (secondary N) is 2. The van der Waals surface area contributed by atoms with Gasteiger partial charge in [-0.3, -0.25) is 10.1 Å². The molecule has 3 rings (SSSR count). The van der Waals surface area contributed by atoms with E-state index in [9.17, 15) is 4.39 Å². The number of aromatic amines is 1. The van der Waals surface area contributed by atoms with Crippen molar-refractivity contribution < 1.29 is 4.39 Å². The van der Waals surface area contributed by atoms with Crippen LogP contribution in [0.2, 0.25) is 0 Å². The molecule has 0 radical (unpaired) electrons. The molecule has 0 bridgehead atoms. The van der Waals surface area contributed by atoms with Gasteiger partial charge in [0.05, 0.1) is 17.6 Å². The summed E-state index contributed by atoms with van der Waals surface area (Å²) < 4.78 is 14.8. The molecule has 0 aliphatic carbocycles. The van der Waals surface area contributed by atoms with E-state index in [2.05, 4.69) is 48.1 Å². The third kappa shape index (κ3) is 3.02. The van der Waals surface area contributed by atoms with E-state index in [0.29, 0.717) is 23.0 Å². The van der Waals surface area contributed by atoms with Crippen LogP contribution in [0, 0.1) is 16.3 Å². The van der Waals surface area contributed by atoms with Gasteiger partial charge in [0, 0.05) is 15.3 Å². The molecule has 0 saturated carbocycles. The van der Waals surface area contributed by atoms with E-state index >= 15 is 0 Å². The maximum atomic E-state index is 13.9. The maximum absolute atomic E-state index is 13.9. The first-order valence-electron chi connectivity index (χ1n) is 6.19. The Kier molecular flexibility index (Phi) is 3.82. The van der Waals surface area contributed by atoms with Crippen LogP contribution in [0.3, 0.4) is 0 Å². The van der Waals surface area contributed by atoms with Gasteiger partial charge in [-0.25, -0.2) is 9.37 Å². The third-order valence-electron chi connectivity index (χ3n) is 2.86. The largest absolute Gasteiger partial charge is 0.351 e. The Labute approximate surface area is 134 Å². The van der Waals surface area contributed by atoms with Crippen LogP contribution < -0.4 is 5.32 Å². The lowest BCUT2D eigenvalue weighted by molar-refractivity contribution is 0.631. The first kappa shape index (κ1) is 13.9. The molecule has 0 aliphatic rings. The van der Waals surface area contributed by atoms with Crippen molar-refractivity contribution in [1.82, 2.24) is 20.2 Å². The van der Waals surface area contributed by atoms with Crippen LogP contribution in [0.1, 0.15) is 5.82 Å². The van der Waals surface area contributed by atoms with Crippen LogP contribution in [-0.2, 0) is 0 Å². The van der Waals surface area contributed by atoms with Crippen LogP contribution >= 0.6 is 22.6 Å². The lowest BCUT2D eigenvalue weighted by Gasteiger charge is -2.10. The third-order valence-corrected chi connectivity index (χ3v) is 3.53. The topological polar surface area (TPSA) is 66.5 Å². The molecule has 0 unspecified atom stereocenters. The van der Waals surface area contributed by atoms with Crippen molar-refractivity contribution in [2.24, 2.45) is 0 Å². The number of hydrogen-bond acceptors (Lipinski definition) is 4. The van der Waals surface area contributed by atoms with Crippen molar-refractivity contribution in [2.45, 2.75) is 6.92 Å². The summed E-state index contributed by atoms with van der Waals surface area (Å²) in [6.45, 7) is 1.82. The fraction of sp³-hybridized carbons (Fsp3) is 0.0714. The van der Waals surface area contributed by atoms with Gasteiger partial charge in [-0.2, -0.15) is 5.10 Å². The van der Waals surface area contributed by atoms with Crippen LogP contribution in [-0.4, -0.2) is 20.2 Å². The first-order valence-corrected chi connectivity index (χ1v) is 7.27. The average molecular weight is 395 g/mol. The first-order chi connectivity index (χ1) is 10.1. The van der Waals surface area contributed by atoms with Crippen LogP contribution in [0.15, 0.2) is 36.7 Å². The molecule has 0 amide bonds. The second kappa shape index (κ2) is 5.76. The summed E-state index contributed by atoms with van der Waals surface area (Å²) in [7, 11) is 0. The average Bonchev–Trinajstić information content (AvgIpc) is 2.89. The predicted octanol–water partition coefficient (Wildman–Crippen LogP) is 3.66. The summed E-state index contributed by atoms with van der Waals surface area (Å²) >= 11 is 2.07. The van der Waals surface area contributed by atoms with E-state index in [4.69, 9.17) is 0 Å². The number of benzene rings is 1. The highest BCUT2D eigenvalue weighted by atomic mass is 127. The SMILES string of the molecule is Cc1nc(-c2ccncc2Nc2ccc(I)cc2F)n[nH]1. The molecule has 106 valence electrons. The summed E-state index contributed by atoms with van der Waals surface area (Å²) in [6, 6.07) is 6.78. The molecule has 1 aromatic carbocycles. The fourth-order valence-electron chi connectivity index (χ4n) is 1.89. The molecule has 2 aromatic heterocycles. The van der Waals surface area contributed by atoms with Crippen LogP contribution in [0.25, 0.3) is 11.4 Å². The smallest absolute Gasteiger partial charge is 0.183 e. The van der Waals surface area contributed by atoms with Gasteiger partial charge in [-0.1, -0.05) is 0 Å². The van der Waals surface area contributed by atoms with Crippen molar-refractivity contribution in [2.75, 3.05) is 5.32 Å². The molecule has 0 spiro atoms. The van der Waals surface area contributed by atoms with E-state index < -0.39 is 0 Å². The number of pyridine rings is 1.